The van der Waals surface area contributed by atoms with Gasteiger partial charge in [-0.3, -0.25) is 14.4 Å². The van der Waals surface area contributed by atoms with E-state index in [0.29, 0.717) is 63.6 Å². The van der Waals surface area contributed by atoms with Gasteiger partial charge in [-0.1, -0.05) is 0 Å². The van der Waals surface area contributed by atoms with Gasteiger partial charge in [-0.25, -0.2) is 0 Å². The molecule has 2 aliphatic heterocycles. The zero-order valence-electron chi connectivity index (χ0n) is 13.5. The van der Waals surface area contributed by atoms with Gasteiger partial charge in [0.05, 0.1) is 13.2 Å². The first-order valence-electron chi connectivity index (χ1n) is 8.15. The number of carbonyl (C=O) groups excluding carboxylic acids is 3. The van der Waals surface area contributed by atoms with E-state index in [2.05, 4.69) is 0 Å². The van der Waals surface area contributed by atoms with Crippen molar-refractivity contribution in [1.82, 2.24) is 14.7 Å². The quantitative estimate of drug-likeness (QED) is 0.735. The lowest BCUT2D eigenvalue weighted by atomic mass is 10.1. The Morgan fingerprint density at radius 2 is 1.25 bits per heavy atom. The first-order chi connectivity index (χ1) is 11.7. The summed E-state index contributed by atoms with van der Waals surface area (Å²) in [7, 11) is 0. The molecule has 0 radical (unpaired) electrons. The Morgan fingerprint density at radius 3 is 1.71 bits per heavy atom. The highest BCUT2D eigenvalue weighted by atomic mass is 16.5. The Hall–Kier alpha value is -2.41. The van der Waals surface area contributed by atoms with E-state index >= 15 is 0 Å². The maximum atomic E-state index is 12.5. The van der Waals surface area contributed by atoms with Gasteiger partial charge in [-0.05, 0) is 24.3 Å². The zero-order valence-corrected chi connectivity index (χ0v) is 13.5. The predicted octanol–water partition coefficient (Wildman–Crippen LogP) is 0.0732. The summed E-state index contributed by atoms with van der Waals surface area (Å²) in [6, 6.07) is 6.80. The van der Waals surface area contributed by atoms with Crippen molar-refractivity contribution in [2.75, 3.05) is 52.5 Å². The van der Waals surface area contributed by atoms with Crippen molar-refractivity contribution in [2.24, 2.45) is 0 Å². The molecule has 24 heavy (non-hydrogen) atoms. The highest BCUT2D eigenvalue weighted by Crippen LogP contribution is 2.12. The van der Waals surface area contributed by atoms with Crippen molar-refractivity contribution >= 4 is 18.2 Å². The fourth-order valence-corrected chi connectivity index (χ4v) is 2.92. The van der Waals surface area contributed by atoms with Gasteiger partial charge in [0.25, 0.3) is 11.8 Å². The van der Waals surface area contributed by atoms with Crippen LogP contribution in [-0.2, 0) is 9.53 Å². The lowest BCUT2D eigenvalue weighted by Crippen LogP contribution is -2.48. The minimum absolute atomic E-state index is 0.0307. The van der Waals surface area contributed by atoms with Crippen LogP contribution in [-0.4, -0.2) is 85.4 Å². The average molecular weight is 331 g/mol. The number of hydrogen-bond donors (Lipinski definition) is 0. The normalized spacial score (nSPS) is 18.4. The first kappa shape index (κ1) is 16.4. The molecule has 3 amide bonds. The van der Waals surface area contributed by atoms with E-state index in [1.54, 1.807) is 39.0 Å². The molecule has 0 bridgehead atoms. The molecule has 7 nitrogen and oxygen atoms in total. The van der Waals surface area contributed by atoms with Crippen LogP contribution >= 0.6 is 0 Å². The van der Waals surface area contributed by atoms with E-state index in [4.69, 9.17) is 4.74 Å². The minimum Gasteiger partial charge on any atom is -0.378 e. The summed E-state index contributed by atoms with van der Waals surface area (Å²) in [6.07, 6.45) is 0.813. The zero-order chi connectivity index (χ0) is 16.9. The van der Waals surface area contributed by atoms with Gasteiger partial charge in [0, 0.05) is 50.4 Å². The second-order valence-electron chi connectivity index (χ2n) is 5.92. The highest BCUT2D eigenvalue weighted by molar-refractivity contribution is 5.98. The van der Waals surface area contributed by atoms with Gasteiger partial charge in [0.2, 0.25) is 6.41 Å². The van der Waals surface area contributed by atoms with Gasteiger partial charge < -0.3 is 19.4 Å². The number of rotatable bonds is 3. The number of morpholine rings is 1. The van der Waals surface area contributed by atoms with Crippen molar-refractivity contribution in [2.45, 2.75) is 0 Å². The van der Waals surface area contributed by atoms with Gasteiger partial charge in [0.1, 0.15) is 0 Å². The van der Waals surface area contributed by atoms with Crippen LogP contribution < -0.4 is 0 Å². The van der Waals surface area contributed by atoms with Gasteiger partial charge in [-0.2, -0.15) is 0 Å². The molecule has 2 saturated heterocycles. The largest absolute Gasteiger partial charge is 0.378 e. The van der Waals surface area contributed by atoms with Crippen LogP contribution in [0.3, 0.4) is 0 Å². The molecule has 0 spiro atoms. The molecule has 0 unspecified atom stereocenters. The molecule has 2 heterocycles. The molecular formula is C17H21N3O4. The Morgan fingerprint density at radius 1 is 0.792 bits per heavy atom. The number of ether oxygens (including phenoxy) is 1. The van der Waals surface area contributed by atoms with E-state index < -0.39 is 0 Å². The highest BCUT2D eigenvalue weighted by Gasteiger charge is 2.22. The number of carbonyl (C=O) groups is 3. The van der Waals surface area contributed by atoms with Crippen molar-refractivity contribution in [3.05, 3.63) is 35.4 Å². The van der Waals surface area contributed by atoms with Crippen molar-refractivity contribution in [1.29, 1.82) is 0 Å². The molecule has 0 aliphatic carbocycles. The van der Waals surface area contributed by atoms with Gasteiger partial charge >= 0.3 is 0 Å². The van der Waals surface area contributed by atoms with E-state index in [9.17, 15) is 14.4 Å². The van der Waals surface area contributed by atoms with E-state index in [1.165, 1.54) is 0 Å². The first-order valence-corrected chi connectivity index (χ1v) is 8.15. The third-order valence-corrected chi connectivity index (χ3v) is 4.43. The number of piperazine rings is 1. The maximum Gasteiger partial charge on any atom is 0.254 e. The van der Waals surface area contributed by atoms with Crippen LogP contribution in [0.15, 0.2) is 24.3 Å². The Labute approximate surface area is 140 Å². The minimum atomic E-state index is -0.0640. The molecule has 0 N–H and O–H groups in total. The molecule has 0 atom stereocenters. The lowest BCUT2D eigenvalue weighted by molar-refractivity contribution is -0.119. The fraction of sp³-hybridized carbons (Fsp3) is 0.471. The fourth-order valence-electron chi connectivity index (χ4n) is 2.92. The van der Waals surface area contributed by atoms with Gasteiger partial charge in [0.15, 0.2) is 0 Å². The summed E-state index contributed by atoms with van der Waals surface area (Å²) in [5.74, 6) is -0.0946. The molecular weight excluding hydrogens is 310 g/mol. The summed E-state index contributed by atoms with van der Waals surface area (Å²) in [5, 5.41) is 0. The monoisotopic (exact) mass is 331 g/mol. The Balaban J connectivity index is 1.62. The number of benzene rings is 1. The van der Waals surface area contributed by atoms with Crippen LogP contribution in [0, 0.1) is 0 Å². The second kappa shape index (κ2) is 7.44. The maximum absolute atomic E-state index is 12.5. The van der Waals surface area contributed by atoms with Crippen LogP contribution in [0.25, 0.3) is 0 Å². The second-order valence-corrected chi connectivity index (χ2v) is 5.92. The molecule has 2 aliphatic rings. The number of nitrogens with zero attached hydrogens (tertiary/aromatic N) is 3. The van der Waals surface area contributed by atoms with Gasteiger partial charge in [-0.15, -0.1) is 0 Å². The molecule has 3 rings (SSSR count). The van der Waals surface area contributed by atoms with Crippen LogP contribution in [0.5, 0.6) is 0 Å². The van der Waals surface area contributed by atoms with E-state index in [1.807, 2.05) is 0 Å². The standard InChI is InChI=1S/C17H21N3O4/c21-13-18-5-7-19(8-6-18)16(22)14-1-3-15(4-2-14)17(23)20-9-11-24-12-10-20/h1-4,13H,5-12H2. The lowest BCUT2D eigenvalue weighted by Gasteiger charge is -2.32. The van der Waals surface area contributed by atoms with Crippen molar-refractivity contribution in [3.63, 3.8) is 0 Å². The molecule has 1 aromatic carbocycles. The van der Waals surface area contributed by atoms with E-state index in [0.717, 1.165) is 6.41 Å². The predicted molar refractivity (Wildman–Crippen MR) is 86.7 cm³/mol. The summed E-state index contributed by atoms with van der Waals surface area (Å²) < 4.78 is 5.25. The smallest absolute Gasteiger partial charge is 0.254 e. The molecule has 0 aromatic heterocycles. The van der Waals surface area contributed by atoms with Crippen LogP contribution in [0.1, 0.15) is 20.7 Å². The van der Waals surface area contributed by atoms with E-state index in [-0.39, 0.29) is 11.8 Å². The van der Waals surface area contributed by atoms with Crippen LogP contribution in [0.4, 0.5) is 0 Å². The molecule has 2 fully saturated rings. The summed E-state index contributed by atoms with van der Waals surface area (Å²) >= 11 is 0. The molecule has 1 aromatic rings. The Bertz CT molecular complexity index is 603. The third kappa shape index (κ3) is 3.56. The molecule has 128 valence electrons. The average Bonchev–Trinajstić information content (AvgIpc) is 2.68. The third-order valence-electron chi connectivity index (χ3n) is 4.43. The number of amides is 3. The number of hydrogen-bond acceptors (Lipinski definition) is 4. The van der Waals surface area contributed by atoms with Crippen LogP contribution in [0.2, 0.25) is 0 Å². The topological polar surface area (TPSA) is 70.2 Å². The SMILES string of the molecule is O=CN1CCN(C(=O)c2ccc(C(=O)N3CCOCC3)cc2)CC1. The molecule has 0 saturated carbocycles. The van der Waals surface area contributed by atoms with Crippen molar-refractivity contribution in [3.8, 4) is 0 Å². The summed E-state index contributed by atoms with van der Waals surface area (Å²) in [4.78, 5) is 40.7. The molecule has 7 heteroatoms. The Kier molecular flexibility index (Phi) is 5.10. The van der Waals surface area contributed by atoms with Crippen molar-refractivity contribution < 1.29 is 19.1 Å². The summed E-state index contributed by atoms with van der Waals surface area (Å²) in [5.41, 5.74) is 1.15. The summed E-state index contributed by atoms with van der Waals surface area (Å²) in [6.45, 7) is 4.51.